The minimum atomic E-state index is -4.49. The normalized spacial score (nSPS) is 11.4. The van der Waals surface area contributed by atoms with Gasteiger partial charge >= 0.3 is 6.18 Å². The lowest BCUT2D eigenvalue weighted by Crippen LogP contribution is -2.13. The highest BCUT2D eigenvalue weighted by molar-refractivity contribution is 7.14. The number of alkyl halides is 3. The average molecular weight is 376 g/mol. The van der Waals surface area contributed by atoms with E-state index in [0.29, 0.717) is 10.8 Å². The highest BCUT2D eigenvalue weighted by Crippen LogP contribution is 2.30. The van der Waals surface area contributed by atoms with E-state index < -0.39 is 17.6 Å². The van der Waals surface area contributed by atoms with Crippen LogP contribution >= 0.6 is 11.3 Å². The van der Waals surface area contributed by atoms with Gasteiger partial charge in [0, 0.05) is 16.5 Å². The van der Waals surface area contributed by atoms with Crippen molar-refractivity contribution in [1.82, 2.24) is 4.98 Å². The first kappa shape index (κ1) is 18.1. The molecule has 3 rings (SSSR count). The van der Waals surface area contributed by atoms with Crippen LogP contribution < -0.4 is 5.32 Å². The molecule has 0 atom stereocenters. The Bertz CT molecular complexity index is 963. The lowest BCUT2D eigenvalue weighted by Gasteiger charge is -2.08. The summed E-state index contributed by atoms with van der Waals surface area (Å²) >= 11 is 1.22. The number of thiazole rings is 1. The Hall–Kier alpha value is -2.67. The summed E-state index contributed by atoms with van der Waals surface area (Å²) in [4.78, 5) is 16.6. The number of halogens is 3. The van der Waals surface area contributed by atoms with Crippen LogP contribution in [0.1, 0.15) is 27.0 Å². The molecule has 134 valence electrons. The highest BCUT2D eigenvalue weighted by Gasteiger charge is 2.30. The fraction of sp³-hybridized carbons (Fsp3) is 0.158. The zero-order chi connectivity index (χ0) is 18.9. The lowest BCUT2D eigenvalue weighted by atomic mass is 10.1. The second kappa shape index (κ2) is 6.92. The summed E-state index contributed by atoms with van der Waals surface area (Å²) in [5.41, 5.74) is 3.00. The van der Waals surface area contributed by atoms with Gasteiger partial charge < -0.3 is 0 Å². The van der Waals surface area contributed by atoms with Crippen LogP contribution in [-0.2, 0) is 6.18 Å². The molecule has 26 heavy (non-hydrogen) atoms. The summed E-state index contributed by atoms with van der Waals surface area (Å²) in [6.45, 7) is 4.02. The van der Waals surface area contributed by atoms with Crippen molar-refractivity contribution in [2.24, 2.45) is 0 Å². The number of aryl methyl sites for hydroxylation is 2. The molecule has 0 saturated heterocycles. The topological polar surface area (TPSA) is 42.0 Å². The second-order valence-corrected chi connectivity index (χ2v) is 6.73. The molecule has 1 heterocycles. The van der Waals surface area contributed by atoms with Gasteiger partial charge in [0.2, 0.25) is 0 Å². The van der Waals surface area contributed by atoms with E-state index in [9.17, 15) is 18.0 Å². The quantitative estimate of drug-likeness (QED) is 0.637. The molecular weight excluding hydrogens is 361 g/mol. The third kappa shape index (κ3) is 3.94. The van der Waals surface area contributed by atoms with Gasteiger partial charge in [-0.05, 0) is 49.2 Å². The van der Waals surface area contributed by atoms with Crippen molar-refractivity contribution in [1.29, 1.82) is 0 Å². The maximum atomic E-state index is 12.8. The first-order valence-corrected chi connectivity index (χ1v) is 8.64. The van der Waals surface area contributed by atoms with Crippen LogP contribution in [0, 0.1) is 13.8 Å². The maximum absolute atomic E-state index is 12.8. The fourth-order valence-electron chi connectivity index (χ4n) is 2.37. The Kier molecular flexibility index (Phi) is 4.82. The van der Waals surface area contributed by atoms with E-state index in [4.69, 9.17) is 0 Å². The van der Waals surface area contributed by atoms with Crippen LogP contribution in [0.2, 0.25) is 0 Å². The van der Waals surface area contributed by atoms with Crippen LogP contribution in [0.5, 0.6) is 0 Å². The molecule has 0 aliphatic rings. The predicted octanol–water partition coefficient (Wildman–Crippen LogP) is 5.70. The molecule has 0 radical (unpaired) electrons. The van der Waals surface area contributed by atoms with Crippen molar-refractivity contribution in [3.8, 4) is 11.3 Å². The first-order chi connectivity index (χ1) is 12.2. The number of nitrogens with zero attached hydrogens (tertiary/aromatic N) is 1. The summed E-state index contributed by atoms with van der Waals surface area (Å²) < 4.78 is 38.3. The van der Waals surface area contributed by atoms with Crippen molar-refractivity contribution in [2.45, 2.75) is 20.0 Å². The zero-order valence-corrected chi connectivity index (χ0v) is 14.8. The molecule has 3 nitrogen and oxygen atoms in total. The van der Waals surface area contributed by atoms with Crippen LogP contribution in [0.3, 0.4) is 0 Å². The van der Waals surface area contributed by atoms with Gasteiger partial charge in [-0.2, -0.15) is 13.2 Å². The number of rotatable bonds is 3. The monoisotopic (exact) mass is 376 g/mol. The number of hydrogen-bond acceptors (Lipinski definition) is 3. The fourth-order valence-corrected chi connectivity index (χ4v) is 3.09. The number of carbonyl (C=O) groups is 1. The Balaban J connectivity index is 1.79. The molecule has 0 spiro atoms. The molecule has 1 amide bonds. The van der Waals surface area contributed by atoms with Gasteiger partial charge in [-0.1, -0.05) is 18.2 Å². The molecule has 1 N–H and O–H groups in total. The van der Waals surface area contributed by atoms with Crippen LogP contribution in [-0.4, -0.2) is 10.9 Å². The van der Waals surface area contributed by atoms with Crippen molar-refractivity contribution in [3.63, 3.8) is 0 Å². The number of hydrogen-bond donors (Lipinski definition) is 1. The Labute approximate surface area is 152 Å². The van der Waals surface area contributed by atoms with E-state index in [0.717, 1.165) is 23.3 Å². The lowest BCUT2D eigenvalue weighted by molar-refractivity contribution is -0.137. The number of benzene rings is 2. The van der Waals surface area contributed by atoms with Gasteiger partial charge in [-0.15, -0.1) is 11.3 Å². The van der Waals surface area contributed by atoms with Gasteiger partial charge in [-0.3, -0.25) is 10.1 Å². The first-order valence-electron chi connectivity index (χ1n) is 7.76. The van der Waals surface area contributed by atoms with Crippen LogP contribution in [0.15, 0.2) is 47.8 Å². The van der Waals surface area contributed by atoms with Crippen molar-refractivity contribution >= 4 is 22.4 Å². The largest absolute Gasteiger partial charge is 0.416 e. The second-order valence-electron chi connectivity index (χ2n) is 5.87. The van der Waals surface area contributed by atoms with E-state index in [1.165, 1.54) is 29.0 Å². The number of nitrogens with one attached hydrogen (secondary N) is 1. The molecule has 0 bridgehead atoms. The molecule has 2 aromatic carbocycles. The molecular formula is C19H15F3N2OS. The molecule has 0 aliphatic heterocycles. The van der Waals surface area contributed by atoms with Crippen LogP contribution in [0.25, 0.3) is 11.3 Å². The zero-order valence-electron chi connectivity index (χ0n) is 14.0. The van der Waals surface area contributed by atoms with Gasteiger partial charge in [-0.25, -0.2) is 4.98 Å². The van der Waals surface area contributed by atoms with Crippen molar-refractivity contribution < 1.29 is 18.0 Å². The van der Waals surface area contributed by atoms with E-state index in [1.54, 1.807) is 5.38 Å². The number of carbonyl (C=O) groups excluding carboxylic acids is 1. The predicted molar refractivity (Wildman–Crippen MR) is 96.4 cm³/mol. The summed E-state index contributed by atoms with van der Waals surface area (Å²) in [6.07, 6.45) is -4.49. The van der Waals surface area contributed by atoms with E-state index in [2.05, 4.69) is 10.3 Å². The Morgan fingerprint density at radius 3 is 2.54 bits per heavy atom. The molecule has 7 heteroatoms. The number of anilines is 1. The van der Waals surface area contributed by atoms with Crippen molar-refractivity contribution in [2.75, 3.05) is 5.32 Å². The molecule has 1 aromatic heterocycles. The summed E-state index contributed by atoms with van der Waals surface area (Å²) in [7, 11) is 0. The number of aromatic nitrogens is 1. The van der Waals surface area contributed by atoms with Crippen molar-refractivity contribution in [3.05, 3.63) is 70.1 Å². The number of amides is 1. The van der Waals surface area contributed by atoms with E-state index in [1.807, 2.05) is 32.0 Å². The standard InChI is InChI=1S/C19H15F3N2OS/c1-11-6-7-13(8-12(11)2)16-10-26-18(23-16)24-17(25)14-4-3-5-15(9-14)19(20,21)22/h3-10H,1-2H3,(H,23,24,25). The summed E-state index contributed by atoms with van der Waals surface area (Å²) in [5.74, 6) is -0.628. The van der Waals surface area contributed by atoms with Crippen LogP contribution in [0.4, 0.5) is 18.3 Å². The maximum Gasteiger partial charge on any atom is 0.416 e. The molecule has 0 saturated carbocycles. The van der Waals surface area contributed by atoms with Gasteiger partial charge in [0.05, 0.1) is 11.3 Å². The van der Waals surface area contributed by atoms with E-state index >= 15 is 0 Å². The SMILES string of the molecule is Cc1ccc(-c2csc(NC(=O)c3cccc(C(F)(F)F)c3)n2)cc1C. The highest BCUT2D eigenvalue weighted by atomic mass is 32.1. The Morgan fingerprint density at radius 2 is 1.85 bits per heavy atom. The molecule has 0 unspecified atom stereocenters. The van der Waals surface area contributed by atoms with Gasteiger partial charge in [0.15, 0.2) is 5.13 Å². The third-order valence-corrected chi connectivity index (χ3v) is 4.74. The minimum Gasteiger partial charge on any atom is -0.298 e. The minimum absolute atomic E-state index is 0.0669. The van der Waals surface area contributed by atoms with Gasteiger partial charge in [0.25, 0.3) is 5.91 Å². The molecule has 3 aromatic rings. The third-order valence-electron chi connectivity index (χ3n) is 3.98. The smallest absolute Gasteiger partial charge is 0.298 e. The van der Waals surface area contributed by atoms with Gasteiger partial charge in [0.1, 0.15) is 0 Å². The summed E-state index contributed by atoms with van der Waals surface area (Å²) in [5, 5.41) is 4.69. The van der Waals surface area contributed by atoms with E-state index in [-0.39, 0.29) is 5.56 Å². The summed E-state index contributed by atoms with van der Waals surface area (Å²) in [6, 6.07) is 10.2. The Morgan fingerprint density at radius 1 is 1.08 bits per heavy atom. The average Bonchev–Trinajstić information content (AvgIpc) is 3.05. The molecule has 0 aliphatic carbocycles. The molecule has 0 fully saturated rings.